The summed E-state index contributed by atoms with van der Waals surface area (Å²) in [5, 5.41) is 2.85. The molecule has 1 aromatic heterocycles. The number of hydrogen-bond acceptors (Lipinski definition) is 4. The number of nitrogens with two attached hydrogens (primary N) is 1. The average Bonchev–Trinajstić information content (AvgIpc) is 2.52. The van der Waals surface area contributed by atoms with Gasteiger partial charge in [0.05, 0.1) is 5.56 Å². The number of nitrogens with zero attached hydrogens (tertiary/aromatic N) is 2. The van der Waals surface area contributed by atoms with E-state index in [0.29, 0.717) is 24.5 Å². The molecule has 2 rings (SSSR count). The second-order valence-corrected chi connectivity index (χ2v) is 5.17. The van der Waals surface area contributed by atoms with Crippen molar-refractivity contribution >= 4 is 28.9 Å². The smallest absolute Gasteiger partial charge is 0.221 e. The molecule has 1 saturated heterocycles. The van der Waals surface area contributed by atoms with Crippen molar-refractivity contribution in [3.63, 3.8) is 0 Å². The van der Waals surface area contributed by atoms with E-state index in [1.54, 1.807) is 0 Å². The molecule has 1 aliphatic heterocycles. The van der Waals surface area contributed by atoms with Crippen LogP contribution in [0.3, 0.4) is 0 Å². The fourth-order valence-corrected chi connectivity index (χ4v) is 2.58. The van der Waals surface area contributed by atoms with Crippen molar-refractivity contribution in [3.8, 4) is 0 Å². The molecule has 0 atom stereocenters. The van der Waals surface area contributed by atoms with E-state index < -0.39 is 0 Å². The van der Waals surface area contributed by atoms with Gasteiger partial charge in [0.25, 0.3) is 0 Å². The van der Waals surface area contributed by atoms with Crippen LogP contribution in [-0.4, -0.2) is 35.5 Å². The molecule has 1 aliphatic rings. The Morgan fingerprint density at radius 1 is 1.47 bits per heavy atom. The zero-order chi connectivity index (χ0) is 14.0. The molecular formula is C13H18N4OS. The van der Waals surface area contributed by atoms with E-state index in [2.05, 4.69) is 15.2 Å². The monoisotopic (exact) mass is 278 g/mol. The maximum atomic E-state index is 11.4. The summed E-state index contributed by atoms with van der Waals surface area (Å²) in [6.07, 6.45) is 0.464. The summed E-state index contributed by atoms with van der Waals surface area (Å²) in [6.45, 7) is 5.90. The van der Waals surface area contributed by atoms with Crippen LogP contribution in [0.4, 0.5) is 5.82 Å². The molecule has 0 aromatic carbocycles. The van der Waals surface area contributed by atoms with Crippen LogP contribution in [0.25, 0.3) is 0 Å². The van der Waals surface area contributed by atoms with E-state index in [1.165, 1.54) is 0 Å². The van der Waals surface area contributed by atoms with Gasteiger partial charge in [0.1, 0.15) is 10.8 Å². The Labute approximate surface area is 118 Å². The fourth-order valence-electron chi connectivity index (χ4n) is 2.33. The van der Waals surface area contributed by atoms with E-state index in [4.69, 9.17) is 18.0 Å². The Kier molecular flexibility index (Phi) is 3.99. The zero-order valence-electron chi connectivity index (χ0n) is 11.2. The number of thiocarbonyl (C=S) groups is 1. The van der Waals surface area contributed by atoms with E-state index in [-0.39, 0.29) is 5.91 Å². The van der Waals surface area contributed by atoms with E-state index >= 15 is 0 Å². The van der Waals surface area contributed by atoms with Gasteiger partial charge in [-0.3, -0.25) is 4.79 Å². The number of rotatable bonds is 2. The van der Waals surface area contributed by atoms with E-state index in [0.717, 1.165) is 29.2 Å². The maximum Gasteiger partial charge on any atom is 0.221 e. The molecule has 1 fully saturated rings. The molecule has 0 bridgehead atoms. The first-order valence-corrected chi connectivity index (χ1v) is 6.69. The van der Waals surface area contributed by atoms with Crippen molar-refractivity contribution in [2.75, 3.05) is 24.5 Å². The summed E-state index contributed by atoms with van der Waals surface area (Å²) in [7, 11) is 0. The van der Waals surface area contributed by atoms with Gasteiger partial charge < -0.3 is 16.0 Å². The highest BCUT2D eigenvalue weighted by Gasteiger charge is 2.20. The molecule has 5 nitrogen and oxygen atoms in total. The predicted octanol–water partition coefficient (Wildman–Crippen LogP) is 0.659. The third-order valence-corrected chi connectivity index (χ3v) is 3.39. The van der Waals surface area contributed by atoms with Gasteiger partial charge in [0, 0.05) is 31.7 Å². The van der Waals surface area contributed by atoms with Gasteiger partial charge >= 0.3 is 0 Å². The van der Waals surface area contributed by atoms with Crippen molar-refractivity contribution < 1.29 is 4.79 Å². The minimum Gasteiger partial charge on any atom is -0.389 e. The van der Waals surface area contributed by atoms with Gasteiger partial charge in [0.2, 0.25) is 5.91 Å². The van der Waals surface area contributed by atoms with Crippen LogP contribution in [0.5, 0.6) is 0 Å². The first-order chi connectivity index (χ1) is 8.99. The highest BCUT2D eigenvalue weighted by molar-refractivity contribution is 7.80. The van der Waals surface area contributed by atoms with Crippen LogP contribution in [0.15, 0.2) is 6.07 Å². The summed E-state index contributed by atoms with van der Waals surface area (Å²) >= 11 is 5.14. The number of hydrogen-bond donors (Lipinski definition) is 2. The van der Waals surface area contributed by atoms with Crippen LogP contribution in [-0.2, 0) is 4.79 Å². The normalized spacial score (nSPS) is 15.9. The number of aryl methyl sites for hydroxylation is 2. The Bertz CT molecular complexity index is 530. The molecule has 6 heteroatoms. The van der Waals surface area contributed by atoms with Crippen molar-refractivity contribution in [2.24, 2.45) is 5.73 Å². The fraction of sp³-hybridized carbons (Fsp3) is 0.462. The van der Waals surface area contributed by atoms with Crippen molar-refractivity contribution in [1.82, 2.24) is 10.3 Å². The van der Waals surface area contributed by atoms with Gasteiger partial charge in [-0.2, -0.15) is 0 Å². The zero-order valence-corrected chi connectivity index (χ0v) is 12.0. The molecule has 0 unspecified atom stereocenters. The number of amides is 1. The highest BCUT2D eigenvalue weighted by Crippen LogP contribution is 2.23. The minimum atomic E-state index is 0.0729. The molecule has 1 aromatic rings. The van der Waals surface area contributed by atoms with Gasteiger partial charge in [-0.05, 0) is 25.5 Å². The maximum absolute atomic E-state index is 11.4. The average molecular weight is 278 g/mol. The molecule has 1 amide bonds. The summed E-state index contributed by atoms with van der Waals surface area (Å²) in [5.74, 6) is 0.866. The lowest BCUT2D eigenvalue weighted by Crippen LogP contribution is -2.31. The van der Waals surface area contributed by atoms with Crippen LogP contribution < -0.4 is 16.0 Å². The molecular weight excluding hydrogens is 260 g/mol. The lowest BCUT2D eigenvalue weighted by molar-refractivity contribution is -0.120. The van der Waals surface area contributed by atoms with Gasteiger partial charge in [-0.15, -0.1) is 0 Å². The molecule has 102 valence electrons. The van der Waals surface area contributed by atoms with E-state index in [9.17, 15) is 4.79 Å². The number of anilines is 1. The van der Waals surface area contributed by atoms with Crippen LogP contribution >= 0.6 is 12.2 Å². The third-order valence-electron chi connectivity index (χ3n) is 3.18. The van der Waals surface area contributed by atoms with Gasteiger partial charge in [0.15, 0.2) is 0 Å². The largest absolute Gasteiger partial charge is 0.389 e. The first kappa shape index (κ1) is 13.7. The Hall–Kier alpha value is -1.69. The van der Waals surface area contributed by atoms with Crippen LogP contribution in [0.1, 0.15) is 23.2 Å². The quantitative estimate of drug-likeness (QED) is 0.778. The molecule has 0 radical (unpaired) electrons. The molecule has 2 heterocycles. The molecule has 3 N–H and O–H groups in total. The summed E-state index contributed by atoms with van der Waals surface area (Å²) in [4.78, 5) is 18.4. The Morgan fingerprint density at radius 2 is 2.21 bits per heavy atom. The van der Waals surface area contributed by atoms with Gasteiger partial charge in [-0.25, -0.2) is 4.98 Å². The van der Waals surface area contributed by atoms with Gasteiger partial charge in [-0.1, -0.05) is 12.2 Å². The lowest BCUT2D eigenvalue weighted by atomic mass is 10.1. The standard InChI is InChI=1S/C13H18N4OS/c1-8-7-9(2)16-13(11(8)12(14)19)17-5-3-10(18)15-4-6-17/h7H,3-6H2,1-2H3,(H2,14,19)(H,15,18). The topological polar surface area (TPSA) is 71.2 Å². The number of aromatic nitrogens is 1. The molecule has 0 saturated carbocycles. The van der Waals surface area contributed by atoms with Crippen molar-refractivity contribution in [3.05, 3.63) is 22.9 Å². The molecule has 19 heavy (non-hydrogen) atoms. The number of carbonyl (C=O) groups is 1. The van der Waals surface area contributed by atoms with Crippen LogP contribution in [0, 0.1) is 13.8 Å². The van der Waals surface area contributed by atoms with Crippen molar-refractivity contribution in [2.45, 2.75) is 20.3 Å². The summed E-state index contributed by atoms with van der Waals surface area (Å²) in [5.41, 5.74) is 8.59. The highest BCUT2D eigenvalue weighted by atomic mass is 32.1. The number of pyridine rings is 1. The second kappa shape index (κ2) is 5.52. The second-order valence-electron chi connectivity index (χ2n) is 4.73. The molecule has 0 spiro atoms. The first-order valence-electron chi connectivity index (χ1n) is 6.28. The summed E-state index contributed by atoms with van der Waals surface area (Å²) < 4.78 is 0. The number of nitrogens with one attached hydrogen (secondary N) is 1. The Morgan fingerprint density at radius 3 is 2.89 bits per heavy atom. The SMILES string of the molecule is Cc1cc(C)c(C(N)=S)c(N2CCNC(=O)CC2)n1. The third kappa shape index (κ3) is 3.01. The Balaban J connectivity index is 2.42. The van der Waals surface area contributed by atoms with E-state index in [1.807, 2.05) is 19.9 Å². The van der Waals surface area contributed by atoms with Crippen LogP contribution in [0.2, 0.25) is 0 Å². The summed E-state index contributed by atoms with van der Waals surface area (Å²) in [6, 6.07) is 1.97. The minimum absolute atomic E-state index is 0.0729. The van der Waals surface area contributed by atoms with Crippen molar-refractivity contribution in [1.29, 1.82) is 0 Å². The lowest BCUT2D eigenvalue weighted by Gasteiger charge is -2.24. The number of carbonyl (C=O) groups excluding carboxylic acids is 1. The predicted molar refractivity (Wildman–Crippen MR) is 79.4 cm³/mol. The molecule has 0 aliphatic carbocycles.